The fraction of sp³-hybridized carbons (Fsp3) is 0.261. The third-order valence-corrected chi connectivity index (χ3v) is 8.79. The zero-order chi connectivity index (χ0) is 22.9. The number of nitrogens with zero attached hydrogens (tertiary/aromatic N) is 1. The van der Waals surface area contributed by atoms with Gasteiger partial charge in [-0.05, 0) is 42.8 Å². The number of sulfonamides is 1. The standard InChI is InChI=1S/C23H21Cl3N2O2S2/c1-2-3-10-27-32(29,30)16-6-9-21-20(13-16)28-23(17-7-4-14(24)11-19(17)26)18-8-5-15(25)12-22(18)31-21/h4-9,11-13,18,22,27H,2-3,10H2,1H3. The molecule has 4 nitrogen and oxygen atoms in total. The fourth-order valence-corrected chi connectivity index (χ4v) is 6.71. The molecule has 1 aliphatic carbocycles. The summed E-state index contributed by atoms with van der Waals surface area (Å²) in [5.74, 6) is -0.0867. The number of allylic oxidation sites excluding steroid dienone is 3. The van der Waals surface area contributed by atoms with Crippen molar-refractivity contribution in [3.63, 3.8) is 0 Å². The summed E-state index contributed by atoms with van der Waals surface area (Å²) in [5.41, 5.74) is 2.08. The van der Waals surface area contributed by atoms with Gasteiger partial charge in [-0.2, -0.15) is 0 Å². The van der Waals surface area contributed by atoms with Crippen LogP contribution in [0.15, 0.2) is 74.4 Å². The van der Waals surface area contributed by atoms with Crippen molar-refractivity contribution >= 4 is 68.0 Å². The molecule has 0 saturated carbocycles. The molecule has 0 radical (unpaired) electrons. The van der Waals surface area contributed by atoms with Crippen molar-refractivity contribution in [2.24, 2.45) is 10.9 Å². The number of hydrogen-bond acceptors (Lipinski definition) is 4. The molecule has 4 rings (SSSR count). The molecule has 0 aromatic heterocycles. The van der Waals surface area contributed by atoms with Crippen LogP contribution in [0, 0.1) is 5.92 Å². The molecule has 0 bridgehead atoms. The molecule has 1 heterocycles. The van der Waals surface area contributed by atoms with Gasteiger partial charge in [0, 0.05) is 38.2 Å². The summed E-state index contributed by atoms with van der Waals surface area (Å²) in [4.78, 5) is 6.00. The number of fused-ring (bicyclic) bond motifs is 2. The van der Waals surface area contributed by atoms with E-state index >= 15 is 0 Å². The number of hydrogen-bond donors (Lipinski definition) is 1. The smallest absolute Gasteiger partial charge is 0.240 e. The quantitative estimate of drug-likeness (QED) is 0.412. The summed E-state index contributed by atoms with van der Waals surface area (Å²) >= 11 is 20.5. The summed E-state index contributed by atoms with van der Waals surface area (Å²) < 4.78 is 28.2. The predicted molar refractivity (Wildman–Crippen MR) is 135 cm³/mol. The van der Waals surface area contributed by atoms with E-state index in [1.165, 1.54) is 0 Å². The summed E-state index contributed by atoms with van der Waals surface area (Å²) in [6.45, 7) is 2.42. The number of aliphatic imine (C=N–C) groups is 1. The number of unbranched alkanes of at least 4 members (excludes halogenated alkanes) is 1. The lowest BCUT2D eigenvalue weighted by Crippen LogP contribution is -2.25. The number of benzene rings is 2. The highest BCUT2D eigenvalue weighted by molar-refractivity contribution is 8.00. The van der Waals surface area contributed by atoms with Gasteiger partial charge >= 0.3 is 0 Å². The van der Waals surface area contributed by atoms with Crippen LogP contribution >= 0.6 is 46.6 Å². The van der Waals surface area contributed by atoms with E-state index in [2.05, 4.69) is 4.72 Å². The SMILES string of the molecule is CCCCNS(=O)(=O)c1ccc2c(c1)N=C(c1ccc(Cl)cc1Cl)C1C=CC(Cl)=CC1S2. The van der Waals surface area contributed by atoms with Gasteiger partial charge in [-0.1, -0.05) is 66.4 Å². The highest BCUT2D eigenvalue weighted by Crippen LogP contribution is 2.45. The van der Waals surface area contributed by atoms with Crippen LogP contribution < -0.4 is 4.72 Å². The lowest BCUT2D eigenvalue weighted by molar-refractivity contribution is 0.578. The Balaban J connectivity index is 1.83. The zero-order valence-corrected chi connectivity index (χ0v) is 21.1. The molecule has 0 spiro atoms. The first-order valence-corrected chi connectivity index (χ1v) is 13.7. The van der Waals surface area contributed by atoms with Crippen molar-refractivity contribution in [2.45, 2.75) is 34.8 Å². The largest absolute Gasteiger partial charge is 0.251 e. The van der Waals surface area contributed by atoms with E-state index < -0.39 is 10.0 Å². The molecule has 2 unspecified atom stereocenters. The minimum Gasteiger partial charge on any atom is -0.251 e. The van der Waals surface area contributed by atoms with E-state index in [0.29, 0.717) is 27.3 Å². The van der Waals surface area contributed by atoms with Crippen molar-refractivity contribution in [1.29, 1.82) is 0 Å². The number of nitrogens with one attached hydrogen (secondary N) is 1. The Morgan fingerprint density at radius 1 is 1.12 bits per heavy atom. The molecule has 9 heteroatoms. The van der Waals surface area contributed by atoms with Crippen molar-refractivity contribution in [3.05, 3.63) is 75.3 Å². The van der Waals surface area contributed by atoms with E-state index in [1.54, 1.807) is 42.1 Å². The van der Waals surface area contributed by atoms with Crippen molar-refractivity contribution in [2.75, 3.05) is 6.54 Å². The second kappa shape index (κ2) is 9.92. The summed E-state index contributed by atoms with van der Waals surface area (Å²) in [6.07, 6.45) is 7.54. The number of thioether (sulfide) groups is 1. The Morgan fingerprint density at radius 3 is 2.69 bits per heavy atom. The van der Waals surface area contributed by atoms with Gasteiger partial charge in [0.15, 0.2) is 0 Å². The number of rotatable bonds is 6. The third kappa shape index (κ3) is 5.11. The molecule has 2 aromatic carbocycles. The minimum absolute atomic E-state index is 0.00983. The zero-order valence-electron chi connectivity index (χ0n) is 17.2. The Hall–Kier alpha value is -1.28. The second-order valence-electron chi connectivity index (χ2n) is 7.52. The molecule has 0 saturated heterocycles. The molecule has 1 aliphatic heterocycles. The van der Waals surface area contributed by atoms with Gasteiger partial charge in [0.2, 0.25) is 10.0 Å². The molecule has 2 aromatic rings. The highest BCUT2D eigenvalue weighted by atomic mass is 35.5. The first kappa shape index (κ1) is 23.9. The molecule has 1 N–H and O–H groups in total. The molecule has 2 aliphatic rings. The van der Waals surface area contributed by atoms with Gasteiger partial charge in [0.25, 0.3) is 0 Å². The van der Waals surface area contributed by atoms with E-state index in [9.17, 15) is 8.42 Å². The maximum Gasteiger partial charge on any atom is 0.240 e. The van der Waals surface area contributed by atoms with Crippen LogP contribution in [-0.4, -0.2) is 25.9 Å². The van der Waals surface area contributed by atoms with Crippen LogP contribution in [0.1, 0.15) is 25.3 Å². The van der Waals surface area contributed by atoms with Crippen LogP contribution in [-0.2, 0) is 10.0 Å². The average Bonchev–Trinajstić information content (AvgIpc) is 2.89. The molecule has 2 atom stereocenters. The first-order valence-electron chi connectivity index (χ1n) is 10.2. The van der Waals surface area contributed by atoms with Gasteiger partial charge in [-0.15, -0.1) is 11.8 Å². The lowest BCUT2D eigenvalue weighted by Gasteiger charge is -2.24. The summed E-state index contributed by atoms with van der Waals surface area (Å²) in [5, 5.41) is 1.67. The van der Waals surface area contributed by atoms with Crippen LogP contribution in [0.3, 0.4) is 0 Å². The molecule has 0 fully saturated rings. The van der Waals surface area contributed by atoms with E-state index in [1.807, 2.05) is 31.2 Å². The summed E-state index contributed by atoms with van der Waals surface area (Å²) in [7, 11) is -3.63. The van der Waals surface area contributed by atoms with Gasteiger partial charge in [-0.3, -0.25) is 4.99 Å². The predicted octanol–water partition coefficient (Wildman–Crippen LogP) is 6.98. The van der Waals surface area contributed by atoms with Crippen LogP contribution in [0.4, 0.5) is 5.69 Å². The van der Waals surface area contributed by atoms with Gasteiger partial charge in [0.1, 0.15) is 0 Å². The topological polar surface area (TPSA) is 58.5 Å². The van der Waals surface area contributed by atoms with Crippen LogP contribution in [0.2, 0.25) is 10.0 Å². The Kier molecular flexibility index (Phi) is 7.40. The van der Waals surface area contributed by atoms with Gasteiger partial charge < -0.3 is 0 Å². The molecule has 168 valence electrons. The van der Waals surface area contributed by atoms with Crippen molar-refractivity contribution in [1.82, 2.24) is 4.72 Å². The number of halogens is 3. The maximum atomic E-state index is 12.8. The normalized spacial score (nSPS) is 20.1. The summed E-state index contributed by atoms with van der Waals surface area (Å²) in [6, 6.07) is 10.3. The molecular formula is C23H21Cl3N2O2S2. The lowest BCUT2D eigenvalue weighted by atomic mass is 9.90. The van der Waals surface area contributed by atoms with Crippen molar-refractivity contribution < 1.29 is 8.42 Å². The Bertz CT molecular complexity index is 1240. The van der Waals surface area contributed by atoms with E-state index in [0.717, 1.165) is 29.0 Å². The van der Waals surface area contributed by atoms with Crippen LogP contribution in [0.5, 0.6) is 0 Å². The van der Waals surface area contributed by atoms with E-state index in [4.69, 9.17) is 39.8 Å². The molecule has 32 heavy (non-hydrogen) atoms. The second-order valence-corrected chi connectivity index (χ2v) is 11.8. The van der Waals surface area contributed by atoms with E-state index in [-0.39, 0.29) is 16.1 Å². The van der Waals surface area contributed by atoms with Gasteiger partial charge in [0.05, 0.1) is 21.3 Å². The Labute approximate surface area is 207 Å². The third-order valence-electron chi connectivity index (χ3n) is 5.23. The Morgan fingerprint density at radius 2 is 1.94 bits per heavy atom. The minimum atomic E-state index is -3.63. The monoisotopic (exact) mass is 526 g/mol. The maximum absolute atomic E-state index is 12.8. The van der Waals surface area contributed by atoms with Crippen LogP contribution in [0.25, 0.3) is 0 Å². The molecule has 0 amide bonds. The first-order chi connectivity index (χ1) is 15.3. The van der Waals surface area contributed by atoms with Crippen molar-refractivity contribution in [3.8, 4) is 0 Å². The molecular weight excluding hydrogens is 507 g/mol. The van der Waals surface area contributed by atoms with Gasteiger partial charge in [-0.25, -0.2) is 13.1 Å². The average molecular weight is 528 g/mol. The highest BCUT2D eigenvalue weighted by Gasteiger charge is 2.32. The fourth-order valence-electron chi connectivity index (χ4n) is 3.58.